The van der Waals surface area contributed by atoms with E-state index >= 15 is 0 Å². The second kappa shape index (κ2) is 8.58. The van der Waals surface area contributed by atoms with Gasteiger partial charge in [-0.3, -0.25) is 9.89 Å². The topological polar surface area (TPSA) is 81.5 Å². The Morgan fingerprint density at radius 2 is 1.90 bits per heavy atom. The molecule has 0 atom stereocenters. The predicted octanol–water partition coefficient (Wildman–Crippen LogP) is 3.71. The molecule has 2 aromatic heterocycles. The molecule has 0 fully saturated rings. The number of aromatic amines is 1. The Morgan fingerprint density at radius 1 is 1.10 bits per heavy atom. The molecule has 30 heavy (non-hydrogen) atoms. The molecule has 4 aromatic rings. The van der Waals surface area contributed by atoms with Crippen LogP contribution in [-0.2, 0) is 0 Å². The standard InChI is InChI=1S/C21H19FN4O3S/c1-13-3-8-16(17(11-13)28-2)29-9-10-30-21-24-20(14-4-6-15(22)7-5-14)23-18-12-19(27)25-26(18)21/h3-8,11-12H,9-10H2,1-2H3,(H,25,27). The Hall–Kier alpha value is -3.33. The Labute approximate surface area is 175 Å². The first-order valence-corrected chi connectivity index (χ1v) is 10.2. The van der Waals surface area contributed by atoms with E-state index in [-0.39, 0.29) is 11.4 Å². The fourth-order valence-corrected chi connectivity index (χ4v) is 3.66. The van der Waals surface area contributed by atoms with Crippen LogP contribution in [0.2, 0.25) is 0 Å². The van der Waals surface area contributed by atoms with Crippen molar-refractivity contribution in [3.05, 3.63) is 70.3 Å². The Balaban J connectivity index is 1.53. The third-order valence-electron chi connectivity index (χ3n) is 4.32. The summed E-state index contributed by atoms with van der Waals surface area (Å²) in [6, 6.07) is 13.0. The van der Waals surface area contributed by atoms with Gasteiger partial charge in [0, 0.05) is 17.4 Å². The maximum Gasteiger partial charge on any atom is 0.266 e. The van der Waals surface area contributed by atoms with Crippen molar-refractivity contribution in [1.29, 1.82) is 0 Å². The minimum Gasteiger partial charge on any atom is -0.493 e. The first-order chi connectivity index (χ1) is 14.5. The molecular formula is C21H19FN4O3S. The molecule has 0 spiro atoms. The van der Waals surface area contributed by atoms with Crippen molar-refractivity contribution in [1.82, 2.24) is 19.6 Å². The van der Waals surface area contributed by atoms with E-state index in [2.05, 4.69) is 15.1 Å². The lowest BCUT2D eigenvalue weighted by Crippen LogP contribution is -2.07. The summed E-state index contributed by atoms with van der Waals surface area (Å²) >= 11 is 1.41. The molecule has 7 nitrogen and oxygen atoms in total. The monoisotopic (exact) mass is 426 g/mol. The first kappa shape index (κ1) is 20.0. The molecule has 0 amide bonds. The van der Waals surface area contributed by atoms with Gasteiger partial charge in [-0.2, -0.15) is 0 Å². The number of fused-ring (bicyclic) bond motifs is 1. The van der Waals surface area contributed by atoms with E-state index < -0.39 is 0 Å². The van der Waals surface area contributed by atoms with Gasteiger partial charge in [-0.05, 0) is 48.9 Å². The van der Waals surface area contributed by atoms with E-state index in [0.29, 0.717) is 46.1 Å². The fraction of sp³-hybridized carbons (Fsp3) is 0.190. The lowest BCUT2D eigenvalue weighted by molar-refractivity contribution is 0.313. The molecule has 2 aromatic carbocycles. The van der Waals surface area contributed by atoms with Gasteiger partial charge in [-0.25, -0.2) is 18.9 Å². The molecule has 9 heteroatoms. The van der Waals surface area contributed by atoms with Crippen molar-refractivity contribution in [3.63, 3.8) is 0 Å². The number of benzene rings is 2. The van der Waals surface area contributed by atoms with Crippen molar-refractivity contribution in [3.8, 4) is 22.9 Å². The number of hydrogen-bond donors (Lipinski definition) is 1. The molecule has 0 saturated carbocycles. The van der Waals surface area contributed by atoms with Crippen molar-refractivity contribution >= 4 is 17.4 Å². The van der Waals surface area contributed by atoms with Gasteiger partial charge >= 0.3 is 0 Å². The van der Waals surface area contributed by atoms with Gasteiger partial charge in [-0.15, -0.1) is 0 Å². The van der Waals surface area contributed by atoms with Crippen LogP contribution in [0.25, 0.3) is 17.0 Å². The smallest absolute Gasteiger partial charge is 0.266 e. The van der Waals surface area contributed by atoms with Crippen molar-refractivity contribution in [2.45, 2.75) is 12.1 Å². The molecule has 0 aliphatic heterocycles. The summed E-state index contributed by atoms with van der Waals surface area (Å²) in [6.45, 7) is 2.39. The molecule has 154 valence electrons. The molecule has 2 heterocycles. The molecule has 0 aliphatic rings. The molecule has 0 unspecified atom stereocenters. The van der Waals surface area contributed by atoms with Crippen molar-refractivity contribution < 1.29 is 13.9 Å². The van der Waals surface area contributed by atoms with E-state index in [4.69, 9.17) is 9.47 Å². The number of aromatic nitrogens is 4. The number of hydrogen-bond acceptors (Lipinski definition) is 6. The van der Waals surface area contributed by atoms with Crippen LogP contribution in [0.4, 0.5) is 4.39 Å². The number of thioether (sulfide) groups is 1. The van der Waals surface area contributed by atoms with E-state index in [0.717, 1.165) is 5.56 Å². The van der Waals surface area contributed by atoms with Crippen LogP contribution in [0.15, 0.2) is 58.5 Å². The highest BCUT2D eigenvalue weighted by Crippen LogP contribution is 2.28. The molecule has 1 N–H and O–H groups in total. The number of halogens is 1. The zero-order valence-electron chi connectivity index (χ0n) is 16.4. The second-order valence-corrected chi connectivity index (χ2v) is 7.56. The summed E-state index contributed by atoms with van der Waals surface area (Å²) in [5, 5.41) is 3.25. The maximum absolute atomic E-state index is 13.2. The number of nitrogens with zero attached hydrogens (tertiary/aromatic N) is 3. The van der Waals surface area contributed by atoms with Crippen LogP contribution in [0.1, 0.15) is 5.56 Å². The third-order valence-corrected chi connectivity index (χ3v) is 5.22. The maximum atomic E-state index is 13.2. The SMILES string of the molecule is COc1cc(C)ccc1OCCSc1nc(-c2ccc(F)cc2)nc2cc(=O)[nH]n12. The molecule has 0 saturated heterocycles. The molecule has 4 rings (SSSR count). The Morgan fingerprint density at radius 3 is 2.67 bits per heavy atom. The Bertz CT molecular complexity index is 1240. The second-order valence-electron chi connectivity index (χ2n) is 6.50. The number of rotatable bonds is 7. The average molecular weight is 426 g/mol. The van der Waals surface area contributed by atoms with Gasteiger partial charge in [0.1, 0.15) is 5.82 Å². The van der Waals surface area contributed by atoms with Gasteiger partial charge in [0.15, 0.2) is 28.1 Å². The van der Waals surface area contributed by atoms with Gasteiger partial charge in [0.05, 0.1) is 13.7 Å². The highest BCUT2D eigenvalue weighted by molar-refractivity contribution is 7.99. The summed E-state index contributed by atoms with van der Waals surface area (Å²) in [5.41, 5.74) is 1.91. The van der Waals surface area contributed by atoms with Crippen LogP contribution in [0.5, 0.6) is 11.5 Å². The van der Waals surface area contributed by atoms with Crippen LogP contribution >= 0.6 is 11.8 Å². The predicted molar refractivity (Wildman–Crippen MR) is 113 cm³/mol. The van der Waals surface area contributed by atoms with Crippen molar-refractivity contribution in [2.24, 2.45) is 0 Å². The lowest BCUT2D eigenvalue weighted by Gasteiger charge is -2.11. The fourth-order valence-electron chi connectivity index (χ4n) is 2.89. The number of H-pyrrole nitrogens is 1. The first-order valence-electron chi connectivity index (χ1n) is 9.19. The number of methoxy groups -OCH3 is 1. The summed E-state index contributed by atoms with van der Waals surface area (Å²) in [6.07, 6.45) is 0. The summed E-state index contributed by atoms with van der Waals surface area (Å²) in [4.78, 5) is 20.8. The average Bonchev–Trinajstić information content (AvgIpc) is 3.12. The normalized spacial score (nSPS) is 11.0. The highest BCUT2D eigenvalue weighted by atomic mass is 32.2. The van der Waals surface area contributed by atoms with Crippen LogP contribution in [-0.4, -0.2) is 39.1 Å². The summed E-state index contributed by atoms with van der Waals surface area (Å²) in [7, 11) is 1.60. The zero-order valence-corrected chi connectivity index (χ0v) is 17.2. The minimum atomic E-state index is -0.337. The third kappa shape index (κ3) is 4.30. The van der Waals surface area contributed by atoms with E-state index in [9.17, 15) is 9.18 Å². The number of ether oxygens (including phenoxy) is 2. The van der Waals surface area contributed by atoms with E-state index in [1.807, 2.05) is 25.1 Å². The lowest BCUT2D eigenvalue weighted by atomic mass is 10.2. The molecule has 0 aliphatic carbocycles. The van der Waals surface area contributed by atoms with Crippen LogP contribution < -0.4 is 15.0 Å². The van der Waals surface area contributed by atoms with Crippen molar-refractivity contribution in [2.75, 3.05) is 19.5 Å². The summed E-state index contributed by atoms with van der Waals surface area (Å²) < 4.78 is 26.0. The Kier molecular flexibility index (Phi) is 5.71. The molecular weight excluding hydrogens is 407 g/mol. The highest BCUT2D eigenvalue weighted by Gasteiger charge is 2.12. The largest absolute Gasteiger partial charge is 0.493 e. The van der Waals surface area contributed by atoms with Gasteiger partial charge in [0.2, 0.25) is 0 Å². The number of aryl methyl sites for hydroxylation is 1. The van der Waals surface area contributed by atoms with E-state index in [1.54, 1.807) is 19.2 Å². The van der Waals surface area contributed by atoms with Crippen LogP contribution in [0, 0.1) is 12.7 Å². The van der Waals surface area contributed by atoms with Crippen LogP contribution in [0.3, 0.4) is 0 Å². The molecule has 0 radical (unpaired) electrons. The number of nitrogens with one attached hydrogen (secondary N) is 1. The minimum absolute atomic E-state index is 0.275. The van der Waals surface area contributed by atoms with Gasteiger partial charge in [0.25, 0.3) is 5.56 Å². The zero-order chi connectivity index (χ0) is 21.1. The molecule has 0 bridgehead atoms. The quantitative estimate of drug-likeness (QED) is 0.358. The van der Waals surface area contributed by atoms with Gasteiger partial charge < -0.3 is 9.47 Å². The summed E-state index contributed by atoms with van der Waals surface area (Å²) in [5.74, 6) is 2.00. The van der Waals surface area contributed by atoms with Gasteiger partial charge in [-0.1, -0.05) is 17.8 Å². The van der Waals surface area contributed by atoms with E-state index in [1.165, 1.54) is 34.5 Å².